The Balaban J connectivity index is 1.74. The lowest BCUT2D eigenvalue weighted by atomic mass is 10.00. The lowest BCUT2D eigenvalue weighted by Gasteiger charge is -2.31. The molecule has 25 heavy (non-hydrogen) atoms. The molecule has 0 aliphatic carbocycles. The average Bonchev–Trinajstić information content (AvgIpc) is 2.64. The number of aliphatic imine (C=N–C) groups is 1. The molecule has 1 fully saturated rings. The van der Waals surface area contributed by atoms with Crippen LogP contribution in [0, 0.1) is 5.92 Å². The van der Waals surface area contributed by atoms with Crippen LogP contribution in [0.1, 0.15) is 44.2 Å². The maximum Gasteiger partial charge on any atom is 0.224 e. The first-order valence-corrected chi connectivity index (χ1v) is 9.43. The first kappa shape index (κ1) is 19.3. The number of guanidine groups is 1. The van der Waals surface area contributed by atoms with E-state index in [1.165, 1.54) is 17.5 Å². The van der Waals surface area contributed by atoms with Crippen LogP contribution in [0.25, 0.3) is 0 Å². The van der Waals surface area contributed by atoms with Crippen molar-refractivity contribution < 1.29 is 4.79 Å². The second kappa shape index (κ2) is 10.1. The molecule has 0 spiro atoms. The summed E-state index contributed by atoms with van der Waals surface area (Å²) < 4.78 is 0. The van der Waals surface area contributed by atoms with Gasteiger partial charge in [0, 0.05) is 39.6 Å². The van der Waals surface area contributed by atoms with E-state index in [4.69, 9.17) is 0 Å². The molecule has 1 heterocycles. The van der Waals surface area contributed by atoms with Gasteiger partial charge in [0.05, 0.1) is 0 Å². The van der Waals surface area contributed by atoms with E-state index in [1.54, 1.807) is 7.05 Å². The molecule has 2 N–H and O–H groups in total. The fourth-order valence-electron chi connectivity index (χ4n) is 3.34. The third-order valence-corrected chi connectivity index (χ3v) is 4.81. The van der Waals surface area contributed by atoms with Gasteiger partial charge in [-0.15, -0.1) is 0 Å². The van der Waals surface area contributed by atoms with Crippen LogP contribution in [0.5, 0.6) is 0 Å². The zero-order valence-corrected chi connectivity index (χ0v) is 15.8. The Hall–Kier alpha value is -2.04. The molecule has 1 amide bonds. The highest BCUT2D eigenvalue weighted by Crippen LogP contribution is 2.15. The van der Waals surface area contributed by atoms with E-state index in [2.05, 4.69) is 53.7 Å². The van der Waals surface area contributed by atoms with Crippen molar-refractivity contribution in [1.29, 1.82) is 0 Å². The molecule has 1 atom stereocenters. The number of hydrogen-bond acceptors (Lipinski definition) is 2. The summed E-state index contributed by atoms with van der Waals surface area (Å²) in [5.74, 6) is 1.61. The minimum atomic E-state index is 0.242. The third kappa shape index (κ3) is 6.07. The van der Waals surface area contributed by atoms with Crippen LogP contribution in [0.3, 0.4) is 0 Å². The molecular formula is C20H32N4O. The van der Waals surface area contributed by atoms with E-state index in [0.29, 0.717) is 18.9 Å². The number of nitrogens with one attached hydrogen (secondary N) is 2. The summed E-state index contributed by atoms with van der Waals surface area (Å²) >= 11 is 0. The van der Waals surface area contributed by atoms with Crippen molar-refractivity contribution in [3.8, 4) is 0 Å². The van der Waals surface area contributed by atoms with Gasteiger partial charge in [-0.3, -0.25) is 9.79 Å². The molecule has 0 aromatic heterocycles. The van der Waals surface area contributed by atoms with Crippen molar-refractivity contribution in [2.75, 3.05) is 26.7 Å². The number of likely N-dealkylation sites (tertiary alicyclic amines) is 1. The lowest BCUT2D eigenvalue weighted by Crippen LogP contribution is -2.42. The van der Waals surface area contributed by atoms with Crippen LogP contribution < -0.4 is 10.6 Å². The van der Waals surface area contributed by atoms with Crippen LogP contribution in [0.4, 0.5) is 0 Å². The first-order valence-electron chi connectivity index (χ1n) is 9.43. The fraction of sp³-hybridized carbons (Fsp3) is 0.600. The van der Waals surface area contributed by atoms with Crippen molar-refractivity contribution >= 4 is 11.9 Å². The number of piperidine rings is 1. The molecule has 5 heteroatoms. The number of nitrogens with zero attached hydrogens (tertiary/aromatic N) is 2. The lowest BCUT2D eigenvalue weighted by molar-refractivity contribution is -0.132. The SMILES string of the molecule is CCc1ccccc1CNC(=NC)NCCC(=O)N1CCCC(C)C1. The maximum atomic E-state index is 12.3. The second-order valence-electron chi connectivity index (χ2n) is 6.81. The van der Waals surface area contributed by atoms with Gasteiger partial charge >= 0.3 is 0 Å². The minimum absolute atomic E-state index is 0.242. The highest BCUT2D eigenvalue weighted by molar-refractivity contribution is 5.81. The maximum absolute atomic E-state index is 12.3. The first-order chi connectivity index (χ1) is 12.1. The van der Waals surface area contributed by atoms with Gasteiger partial charge in [-0.25, -0.2) is 0 Å². The number of aryl methyl sites for hydroxylation is 1. The predicted octanol–water partition coefficient (Wildman–Crippen LogP) is 2.56. The molecule has 5 nitrogen and oxygen atoms in total. The number of carbonyl (C=O) groups is 1. The smallest absolute Gasteiger partial charge is 0.224 e. The molecule has 138 valence electrons. The molecule has 0 radical (unpaired) electrons. The predicted molar refractivity (Wildman–Crippen MR) is 104 cm³/mol. The third-order valence-electron chi connectivity index (χ3n) is 4.81. The van der Waals surface area contributed by atoms with Crippen LogP contribution in [-0.4, -0.2) is 43.4 Å². The van der Waals surface area contributed by atoms with Gasteiger partial charge in [-0.05, 0) is 36.3 Å². The van der Waals surface area contributed by atoms with Crippen molar-refractivity contribution in [3.05, 3.63) is 35.4 Å². The summed E-state index contributed by atoms with van der Waals surface area (Å²) in [5.41, 5.74) is 2.63. The van der Waals surface area contributed by atoms with Crippen LogP contribution in [0.15, 0.2) is 29.3 Å². The highest BCUT2D eigenvalue weighted by Gasteiger charge is 2.20. The molecule has 0 bridgehead atoms. The zero-order valence-electron chi connectivity index (χ0n) is 15.8. The average molecular weight is 345 g/mol. The zero-order chi connectivity index (χ0) is 18.1. The Kier molecular flexibility index (Phi) is 7.76. The van der Waals surface area contributed by atoms with E-state index >= 15 is 0 Å². The van der Waals surface area contributed by atoms with Crippen molar-refractivity contribution in [2.24, 2.45) is 10.9 Å². The van der Waals surface area contributed by atoms with Gasteiger partial charge in [0.15, 0.2) is 5.96 Å². The van der Waals surface area contributed by atoms with Gasteiger partial charge < -0.3 is 15.5 Å². The van der Waals surface area contributed by atoms with E-state index in [1.807, 2.05) is 4.90 Å². The van der Waals surface area contributed by atoms with Crippen LogP contribution >= 0.6 is 0 Å². The summed E-state index contributed by atoms with van der Waals surface area (Å²) in [7, 11) is 1.76. The largest absolute Gasteiger partial charge is 0.356 e. The standard InChI is InChI=1S/C20H32N4O/c1-4-17-9-5-6-10-18(17)14-23-20(21-3)22-12-11-19(25)24-13-7-8-16(2)15-24/h5-6,9-10,16H,4,7-8,11-15H2,1-3H3,(H2,21,22,23). The van der Waals surface area contributed by atoms with E-state index < -0.39 is 0 Å². The number of benzene rings is 1. The minimum Gasteiger partial charge on any atom is -0.356 e. The Morgan fingerprint density at radius 1 is 1.28 bits per heavy atom. The van der Waals surface area contributed by atoms with Crippen LogP contribution in [-0.2, 0) is 17.8 Å². The summed E-state index contributed by atoms with van der Waals surface area (Å²) in [5, 5.41) is 6.58. The molecule has 1 unspecified atom stereocenters. The molecule has 1 saturated heterocycles. The van der Waals surface area contributed by atoms with Gasteiger partial charge in [-0.2, -0.15) is 0 Å². The molecule has 1 aliphatic heterocycles. The van der Waals surface area contributed by atoms with E-state index in [0.717, 1.165) is 38.4 Å². The number of carbonyl (C=O) groups excluding carboxylic acids is 1. The van der Waals surface area contributed by atoms with Crippen molar-refractivity contribution in [3.63, 3.8) is 0 Å². The Labute approximate surface area is 151 Å². The van der Waals surface area contributed by atoms with Crippen molar-refractivity contribution in [1.82, 2.24) is 15.5 Å². The molecule has 1 aliphatic rings. The van der Waals surface area contributed by atoms with Gasteiger partial charge in [0.2, 0.25) is 5.91 Å². The highest BCUT2D eigenvalue weighted by atomic mass is 16.2. The summed E-state index contributed by atoms with van der Waals surface area (Å²) in [6.45, 7) is 7.54. The summed E-state index contributed by atoms with van der Waals surface area (Å²) in [6.07, 6.45) is 3.89. The van der Waals surface area contributed by atoms with Gasteiger partial charge in [-0.1, -0.05) is 38.1 Å². The van der Waals surface area contributed by atoms with E-state index in [-0.39, 0.29) is 5.91 Å². The normalized spacial score (nSPS) is 18.1. The second-order valence-corrected chi connectivity index (χ2v) is 6.81. The van der Waals surface area contributed by atoms with E-state index in [9.17, 15) is 4.79 Å². The number of hydrogen-bond donors (Lipinski definition) is 2. The monoisotopic (exact) mass is 344 g/mol. The van der Waals surface area contributed by atoms with Crippen molar-refractivity contribution in [2.45, 2.75) is 46.1 Å². The van der Waals surface area contributed by atoms with Crippen LogP contribution in [0.2, 0.25) is 0 Å². The molecule has 1 aromatic rings. The fourth-order valence-corrected chi connectivity index (χ4v) is 3.34. The Morgan fingerprint density at radius 3 is 2.72 bits per heavy atom. The molecular weight excluding hydrogens is 312 g/mol. The summed E-state index contributed by atoms with van der Waals surface area (Å²) in [4.78, 5) is 18.6. The van der Waals surface area contributed by atoms with Gasteiger partial charge in [0.25, 0.3) is 0 Å². The summed E-state index contributed by atoms with van der Waals surface area (Å²) in [6, 6.07) is 8.43. The molecule has 2 rings (SSSR count). The number of rotatable bonds is 6. The molecule has 1 aromatic carbocycles. The topological polar surface area (TPSA) is 56.7 Å². The number of amides is 1. The Bertz CT molecular complexity index is 585. The quantitative estimate of drug-likeness (QED) is 0.616. The Morgan fingerprint density at radius 2 is 2.04 bits per heavy atom. The van der Waals surface area contributed by atoms with Gasteiger partial charge in [0.1, 0.15) is 0 Å². The molecule has 0 saturated carbocycles.